The van der Waals surface area contributed by atoms with Gasteiger partial charge in [0.25, 0.3) is 17.7 Å². The van der Waals surface area contributed by atoms with Gasteiger partial charge < -0.3 is 34.8 Å². The highest BCUT2D eigenvalue weighted by Crippen LogP contribution is 2.27. The third kappa shape index (κ3) is 7.65. The molecule has 0 radical (unpaired) electrons. The van der Waals surface area contributed by atoms with Crippen molar-refractivity contribution < 1.29 is 23.9 Å². The van der Waals surface area contributed by atoms with Crippen molar-refractivity contribution in [3.63, 3.8) is 0 Å². The molecule has 0 unspecified atom stereocenters. The van der Waals surface area contributed by atoms with E-state index >= 15 is 0 Å². The predicted molar refractivity (Wildman–Crippen MR) is 184 cm³/mol. The first kappa shape index (κ1) is 32.1. The van der Waals surface area contributed by atoms with Crippen molar-refractivity contribution in [2.24, 2.45) is 0 Å². The molecule has 4 aliphatic rings. The molecule has 2 N–H and O–H groups in total. The number of piperazine rings is 1. The molecule has 12 nitrogen and oxygen atoms in total. The normalized spacial score (nSPS) is 20.3. The minimum atomic E-state index is -0.412. The Labute approximate surface area is 285 Å². The first-order valence-electron chi connectivity index (χ1n) is 16.6. The zero-order valence-electron chi connectivity index (χ0n) is 27.4. The number of ether oxygens (including phenoxy) is 2. The summed E-state index contributed by atoms with van der Waals surface area (Å²) in [7, 11) is 2.06. The topological polar surface area (TPSA) is 129 Å². The van der Waals surface area contributed by atoms with E-state index in [0.29, 0.717) is 67.6 Å². The largest absolute Gasteiger partial charge is 0.488 e. The summed E-state index contributed by atoms with van der Waals surface area (Å²) >= 11 is 0. The first-order chi connectivity index (χ1) is 23.9. The van der Waals surface area contributed by atoms with E-state index in [1.165, 1.54) is 0 Å². The third-order valence-corrected chi connectivity index (χ3v) is 9.21. The standard InChI is InChI=1S/C37H39N7O5/c1-42-13-15-43(16-14-42)37(47)27-9-11-39-34(19-27)44-12-10-33-32(23-44)41-36(46)29-17-28(21-38-22-29)26-3-2-4-31(18-26)48-24-35(45)40-20-25-5-7-30(49-33)8-6-25/h2-9,11,17-19,21-22,32-33H,10,12-16,20,23-24H2,1H3,(H,40,45)(H,41,46)/t32-,33+/m1/s1. The molecule has 8 rings (SSSR count). The molecule has 2 aromatic carbocycles. The van der Waals surface area contributed by atoms with Crippen molar-refractivity contribution in [2.75, 3.05) is 57.8 Å². The van der Waals surface area contributed by atoms with Crippen LogP contribution in [0.25, 0.3) is 11.1 Å². The van der Waals surface area contributed by atoms with Gasteiger partial charge in [0.15, 0.2) is 6.61 Å². The number of hydrogen-bond donors (Lipinski definition) is 2. The van der Waals surface area contributed by atoms with Crippen LogP contribution in [0.4, 0.5) is 5.82 Å². The van der Waals surface area contributed by atoms with Crippen molar-refractivity contribution in [1.82, 2.24) is 30.4 Å². The van der Waals surface area contributed by atoms with E-state index in [4.69, 9.17) is 9.47 Å². The zero-order chi connectivity index (χ0) is 33.7. The minimum absolute atomic E-state index is 0.00157. The van der Waals surface area contributed by atoms with Gasteiger partial charge in [0, 0.05) is 82.0 Å². The van der Waals surface area contributed by atoms with Crippen LogP contribution in [0.2, 0.25) is 0 Å². The summed E-state index contributed by atoms with van der Waals surface area (Å²) in [6.07, 6.45) is 5.17. The Bertz CT molecular complexity index is 1830. The summed E-state index contributed by atoms with van der Waals surface area (Å²) in [5, 5.41) is 6.12. The van der Waals surface area contributed by atoms with Crippen molar-refractivity contribution in [2.45, 2.75) is 25.1 Å². The van der Waals surface area contributed by atoms with Gasteiger partial charge in [0.2, 0.25) is 0 Å². The van der Waals surface area contributed by atoms with E-state index in [0.717, 1.165) is 29.8 Å². The number of carbonyl (C=O) groups is 3. The van der Waals surface area contributed by atoms with Gasteiger partial charge in [0.1, 0.15) is 23.4 Å². The van der Waals surface area contributed by atoms with Crippen molar-refractivity contribution >= 4 is 23.5 Å². The number of pyridine rings is 2. The number of hydrogen-bond acceptors (Lipinski definition) is 9. The minimum Gasteiger partial charge on any atom is -0.488 e. The number of fused-ring (bicyclic) bond motifs is 7. The van der Waals surface area contributed by atoms with Crippen LogP contribution >= 0.6 is 0 Å². The summed E-state index contributed by atoms with van der Waals surface area (Å²) in [5.74, 6) is 1.35. The van der Waals surface area contributed by atoms with Gasteiger partial charge in [-0.25, -0.2) is 4.98 Å². The maximum atomic E-state index is 13.8. The molecule has 49 heavy (non-hydrogen) atoms. The quantitative estimate of drug-likeness (QED) is 0.333. The van der Waals surface area contributed by atoms with Crippen LogP contribution < -0.4 is 25.0 Å². The average Bonchev–Trinajstić information content (AvgIpc) is 3.14. The molecule has 6 bridgehead atoms. The molecule has 6 heterocycles. The number of nitrogens with zero attached hydrogens (tertiary/aromatic N) is 5. The maximum absolute atomic E-state index is 13.8. The molecule has 2 aromatic heterocycles. The SMILES string of the molecule is CN1CCN(C(=O)c2ccnc(N3CC[C@@H]4Oc5ccc(cc5)CNC(=O)COc5cccc(c5)-c5cncc(c5)C(=O)N[C@@H]4C3)c2)CC1. The van der Waals surface area contributed by atoms with Gasteiger partial charge in [-0.05, 0) is 60.6 Å². The lowest BCUT2D eigenvalue weighted by molar-refractivity contribution is -0.123. The van der Waals surface area contributed by atoms with Gasteiger partial charge >= 0.3 is 0 Å². The van der Waals surface area contributed by atoms with Crippen LogP contribution in [0, 0.1) is 0 Å². The van der Waals surface area contributed by atoms with Crippen LogP contribution in [-0.4, -0.2) is 103 Å². The number of likely N-dealkylation sites (N-methyl/N-ethyl adjacent to an activating group) is 1. The Morgan fingerprint density at radius 1 is 0.878 bits per heavy atom. The monoisotopic (exact) mass is 661 g/mol. The molecule has 4 aliphatic heterocycles. The third-order valence-electron chi connectivity index (χ3n) is 9.21. The molecule has 0 saturated carbocycles. The Balaban J connectivity index is 1.16. The highest BCUT2D eigenvalue weighted by atomic mass is 16.5. The highest BCUT2D eigenvalue weighted by molar-refractivity contribution is 5.96. The number of piperidine rings is 1. The number of benzene rings is 2. The molecule has 0 aliphatic carbocycles. The smallest absolute Gasteiger partial charge is 0.258 e. The first-order valence-corrected chi connectivity index (χ1v) is 16.6. The number of amides is 3. The van der Waals surface area contributed by atoms with Crippen molar-refractivity contribution in [3.05, 3.63) is 102 Å². The lowest BCUT2D eigenvalue weighted by atomic mass is 10.00. The van der Waals surface area contributed by atoms with Gasteiger partial charge in [-0.2, -0.15) is 0 Å². The predicted octanol–water partition coefficient (Wildman–Crippen LogP) is 3.00. The summed E-state index contributed by atoms with van der Waals surface area (Å²) in [6, 6.07) is 19.9. The Hall–Kier alpha value is -5.49. The number of carbonyl (C=O) groups excluding carboxylic acids is 3. The summed E-state index contributed by atoms with van der Waals surface area (Å²) in [5.41, 5.74) is 3.45. The number of rotatable bonds is 2. The Morgan fingerprint density at radius 3 is 2.53 bits per heavy atom. The second kappa shape index (κ2) is 14.3. The molecule has 2 atom stereocenters. The van der Waals surface area contributed by atoms with Crippen LogP contribution in [-0.2, 0) is 11.3 Å². The molecule has 0 spiro atoms. The fourth-order valence-electron chi connectivity index (χ4n) is 6.34. The highest BCUT2D eigenvalue weighted by Gasteiger charge is 2.34. The van der Waals surface area contributed by atoms with E-state index in [-0.39, 0.29) is 30.4 Å². The molecular weight excluding hydrogens is 622 g/mol. The van der Waals surface area contributed by atoms with Gasteiger partial charge in [-0.1, -0.05) is 24.3 Å². The van der Waals surface area contributed by atoms with E-state index < -0.39 is 6.04 Å². The summed E-state index contributed by atoms with van der Waals surface area (Å²) in [6.45, 7) is 4.33. The lowest BCUT2D eigenvalue weighted by Crippen LogP contribution is -2.57. The lowest BCUT2D eigenvalue weighted by Gasteiger charge is -2.39. The molecule has 2 fully saturated rings. The van der Waals surface area contributed by atoms with Gasteiger partial charge in [-0.3, -0.25) is 19.4 Å². The van der Waals surface area contributed by atoms with Crippen LogP contribution in [0.1, 0.15) is 32.7 Å². The van der Waals surface area contributed by atoms with E-state index in [2.05, 4.69) is 37.4 Å². The molecule has 12 heteroatoms. The number of anilines is 1. The van der Waals surface area contributed by atoms with E-state index in [9.17, 15) is 14.4 Å². The fourth-order valence-corrected chi connectivity index (χ4v) is 6.34. The van der Waals surface area contributed by atoms with E-state index in [1.807, 2.05) is 53.4 Å². The zero-order valence-corrected chi connectivity index (χ0v) is 27.4. The number of nitrogens with one attached hydrogen (secondary N) is 2. The van der Waals surface area contributed by atoms with Crippen molar-refractivity contribution in [1.29, 1.82) is 0 Å². The molecule has 3 amide bonds. The summed E-state index contributed by atoms with van der Waals surface area (Å²) in [4.78, 5) is 54.9. The molecular formula is C37H39N7O5. The van der Waals surface area contributed by atoms with Crippen molar-refractivity contribution in [3.8, 4) is 22.6 Å². The maximum Gasteiger partial charge on any atom is 0.258 e. The molecule has 252 valence electrons. The Morgan fingerprint density at radius 2 is 1.69 bits per heavy atom. The average molecular weight is 662 g/mol. The Kier molecular flexibility index (Phi) is 9.38. The van der Waals surface area contributed by atoms with Crippen LogP contribution in [0.15, 0.2) is 85.3 Å². The van der Waals surface area contributed by atoms with E-state index in [1.54, 1.807) is 36.8 Å². The van der Waals surface area contributed by atoms with Gasteiger partial charge in [-0.15, -0.1) is 0 Å². The van der Waals surface area contributed by atoms with Gasteiger partial charge in [0.05, 0.1) is 11.6 Å². The fraction of sp³-hybridized carbons (Fsp3) is 0.324. The molecule has 4 aromatic rings. The summed E-state index contributed by atoms with van der Waals surface area (Å²) < 4.78 is 12.3. The van der Waals surface area contributed by atoms with Crippen LogP contribution in [0.3, 0.4) is 0 Å². The molecule has 2 saturated heterocycles. The number of aromatic nitrogens is 2. The van der Waals surface area contributed by atoms with Crippen LogP contribution in [0.5, 0.6) is 11.5 Å². The second-order valence-electron chi connectivity index (χ2n) is 12.7. The second-order valence-corrected chi connectivity index (χ2v) is 12.7.